The van der Waals surface area contributed by atoms with Crippen LogP contribution in [0.2, 0.25) is 10.0 Å². The van der Waals surface area contributed by atoms with E-state index < -0.39 is 12.3 Å². The Hall–Kier alpha value is -2.74. The zero-order chi connectivity index (χ0) is 28.3. The lowest BCUT2D eigenvalue weighted by Crippen LogP contribution is -2.36. The third kappa shape index (κ3) is 6.89. The van der Waals surface area contributed by atoms with Crippen molar-refractivity contribution in [3.63, 3.8) is 0 Å². The zero-order valence-corrected chi connectivity index (χ0v) is 23.4. The summed E-state index contributed by atoms with van der Waals surface area (Å²) in [6.07, 6.45) is -2.20. The van der Waals surface area contributed by atoms with Gasteiger partial charge in [-0.3, -0.25) is 4.90 Å². The van der Waals surface area contributed by atoms with Gasteiger partial charge in [0.1, 0.15) is 5.75 Å². The molecule has 0 spiro atoms. The third-order valence-electron chi connectivity index (χ3n) is 7.34. The van der Waals surface area contributed by atoms with Crippen LogP contribution in [0.1, 0.15) is 78.2 Å². The number of rotatable bonds is 8. The Morgan fingerprint density at radius 3 is 2.15 bits per heavy atom. The van der Waals surface area contributed by atoms with E-state index in [0.717, 1.165) is 36.0 Å². The van der Waals surface area contributed by atoms with Crippen molar-refractivity contribution in [3.8, 4) is 5.75 Å². The highest BCUT2D eigenvalue weighted by molar-refractivity contribution is 6.34. The van der Waals surface area contributed by atoms with Crippen molar-refractivity contribution in [1.82, 2.24) is 4.90 Å². The molecule has 1 saturated heterocycles. The maximum Gasteiger partial charge on any atom is 0.573 e. The Morgan fingerprint density at radius 1 is 1.00 bits per heavy atom. The highest BCUT2D eigenvalue weighted by atomic mass is 35.5. The molecule has 0 aliphatic carbocycles. The van der Waals surface area contributed by atoms with E-state index in [4.69, 9.17) is 27.9 Å². The Bertz CT molecular complexity index is 1260. The molecule has 0 saturated carbocycles. The number of benzene rings is 3. The molecule has 208 valence electrons. The van der Waals surface area contributed by atoms with Crippen LogP contribution < -0.4 is 4.74 Å². The summed E-state index contributed by atoms with van der Waals surface area (Å²) in [7, 11) is 1.34. The molecule has 39 heavy (non-hydrogen) atoms. The van der Waals surface area contributed by atoms with Gasteiger partial charge in [-0.1, -0.05) is 60.8 Å². The second kappa shape index (κ2) is 12.2. The fraction of sp³-hybridized carbons (Fsp3) is 0.367. The number of esters is 1. The number of carbonyl (C=O) groups is 1. The highest BCUT2D eigenvalue weighted by Crippen LogP contribution is 2.51. The number of methoxy groups -OCH3 is 1. The summed E-state index contributed by atoms with van der Waals surface area (Å²) in [5.74, 6) is -0.573. The summed E-state index contributed by atoms with van der Waals surface area (Å²) in [6, 6.07) is 19.0. The van der Waals surface area contributed by atoms with Gasteiger partial charge in [0.15, 0.2) is 0 Å². The molecule has 1 aliphatic heterocycles. The van der Waals surface area contributed by atoms with Crippen molar-refractivity contribution in [1.29, 1.82) is 0 Å². The van der Waals surface area contributed by atoms with Gasteiger partial charge in [-0.25, -0.2) is 4.79 Å². The van der Waals surface area contributed by atoms with Gasteiger partial charge in [-0.15, -0.1) is 13.2 Å². The molecule has 4 atom stereocenters. The predicted molar refractivity (Wildman–Crippen MR) is 146 cm³/mol. The van der Waals surface area contributed by atoms with E-state index in [1.54, 1.807) is 30.3 Å². The van der Waals surface area contributed by atoms with E-state index in [1.807, 2.05) is 24.3 Å². The highest BCUT2D eigenvalue weighted by Gasteiger charge is 2.44. The number of nitrogens with zero attached hydrogens (tertiary/aromatic N) is 1. The molecule has 1 fully saturated rings. The summed E-state index contributed by atoms with van der Waals surface area (Å²) < 4.78 is 47.2. The lowest BCUT2D eigenvalue weighted by atomic mass is 9.87. The van der Waals surface area contributed by atoms with Crippen molar-refractivity contribution in [3.05, 3.63) is 99.0 Å². The lowest BCUT2D eigenvalue weighted by Gasteiger charge is -2.37. The molecular weight excluding hydrogens is 550 g/mol. The number of carbonyl (C=O) groups excluding carboxylic acids is 1. The van der Waals surface area contributed by atoms with Crippen LogP contribution >= 0.6 is 23.2 Å². The molecule has 1 aliphatic rings. The molecule has 0 bridgehead atoms. The molecule has 0 radical (unpaired) electrons. The van der Waals surface area contributed by atoms with Crippen LogP contribution in [0, 0.1) is 0 Å². The molecular formula is C30H30Cl2F3NO3. The van der Waals surface area contributed by atoms with Crippen LogP contribution in [0.25, 0.3) is 0 Å². The molecule has 0 amide bonds. The van der Waals surface area contributed by atoms with Gasteiger partial charge in [0.25, 0.3) is 0 Å². The van der Waals surface area contributed by atoms with Crippen LogP contribution in [0.5, 0.6) is 5.75 Å². The van der Waals surface area contributed by atoms with E-state index in [9.17, 15) is 18.0 Å². The number of likely N-dealkylation sites (tertiary alicyclic amines) is 1. The fourth-order valence-corrected chi connectivity index (χ4v) is 6.24. The van der Waals surface area contributed by atoms with E-state index in [1.165, 1.54) is 19.2 Å². The van der Waals surface area contributed by atoms with Crippen LogP contribution in [-0.4, -0.2) is 30.4 Å². The molecule has 9 heteroatoms. The molecule has 2 unspecified atom stereocenters. The van der Waals surface area contributed by atoms with Gasteiger partial charge in [-0.2, -0.15) is 0 Å². The summed E-state index contributed by atoms with van der Waals surface area (Å²) in [6.45, 7) is 4.24. The monoisotopic (exact) mass is 579 g/mol. The van der Waals surface area contributed by atoms with Crippen molar-refractivity contribution in [2.24, 2.45) is 0 Å². The first-order valence-electron chi connectivity index (χ1n) is 12.8. The van der Waals surface area contributed by atoms with E-state index >= 15 is 0 Å². The van der Waals surface area contributed by atoms with Gasteiger partial charge in [0.2, 0.25) is 0 Å². The quantitative estimate of drug-likeness (QED) is 0.249. The molecule has 1 heterocycles. The smallest absolute Gasteiger partial charge is 0.465 e. The number of halogens is 5. The number of hydrogen-bond acceptors (Lipinski definition) is 4. The van der Waals surface area contributed by atoms with Crippen molar-refractivity contribution >= 4 is 29.2 Å². The minimum absolute atomic E-state index is 0.0657. The van der Waals surface area contributed by atoms with Crippen molar-refractivity contribution in [2.75, 3.05) is 7.11 Å². The summed E-state index contributed by atoms with van der Waals surface area (Å²) in [4.78, 5) is 14.4. The first-order valence-corrected chi connectivity index (χ1v) is 13.5. The molecule has 4 nitrogen and oxygen atoms in total. The average molecular weight is 580 g/mol. The number of alkyl halides is 3. The SMILES string of the molecule is CCCC1[C@H](c2cc(Cl)cc(Cl)c2)C[C@H](c2ccc(OC(F)(F)F)cc2)N1C(C)c1ccc(C(=O)OC)cc1. The Balaban J connectivity index is 1.75. The normalized spacial score (nSPS) is 20.6. The summed E-state index contributed by atoms with van der Waals surface area (Å²) in [5.41, 5.74) is 3.39. The Morgan fingerprint density at radius 2 is 1.62 bits per heavy atom. The first-order chi connectivity index (χ1) is 18.5. The number of ether oxygens (including phenoxy) is 2. The zero-order valence-electron chi connectivity index (χ0n) is 21.8. The maximum atomic E-state index is 12.8. The number of hydrogen-bond donors (Lipinski definition) is 0. The van der Waals surface area contributed by atoms with Gasteiger partial charge in [0, 0.05) is 34.1 Å². The standard InChI is InChI=1S/C30H30Cl2F3NO3/c1-4-5-27-26(22-14-23(31)16-24(32)15-22)17-28(20-10-12-25(13-11-20)39-30(33,34)35)36(27)18(2)19-6-8-21(9-7-19)29(37)38-3/h6-16,18,26-28H,4-5,17H2,1-3H3/t18?,26-,27?,28+/m0/s1. The second-order valence-corrected chi connectivity index (χ2v) is 10.6. The fourth-order valence-electron chi connectivity index (χ4n) is 5.70. The van der Waals surface area contributed by atoms with Gasteiger partial charge >= 0.3 is 12.3 Å². The van der Waals surface area contributed by atoms with E-state index in [2.05, 4.69) is 23.5 Å². The van der Waals surface area contributed by atoms with Crippen LogP contribution in [0.3, 0.4) is 0 Å². The molecule has 3 aromatic carbocycles. The minimum Gasteiger partial charge on any atom is -0.465 e. The topological polar surface area (TPSA) is 38.8 Å². The second-order valence-electron chi connectivity index (χ2n) is 9.77. The van der Waals surface area contributed by atoms with E-state index in [0.29, 0.717) is 15.6 Å². The largest absolute Gasteiger partial charge is 0.573 e. The lowest BCUT2D eigenvalue weighted by molar-refractivity contribution is -0.274. The maximum absolute atomic E-state index is 12.8. The summed E-state index contributed by atoms with van der Waals surface area (Å²) >= 11 is 12.8. The molecule has 4 rings (SSSR count). The van der Waals surface area contributed by atoms with Crippen LogP contribution in [0.4, 0.5) is 13.2 Å². The molecule has 3 aromatic rings. The van der Waals surface area contributed by atoms with Gasteiger partial charge in [0.05, 0.1) is 12.7 Å². The van der Waals surface area contributed by atoms with Gasteiger partial charge in [-0.05, 0) is 78.9 Å². The molecule has 0 aromatic heterocycles. The van der Waals surface area contributed by atoms with Crippen LogP contribution in [-0.2, 0) is 4.74 Å². The Kier molecular flexibility index (Phi) is 9.14. The Labute approximate surface area is 236 Å². The third-order valence-corrected chi connectivity index (χ3v) is 7.78. The van der Waals surface area contributed by atoms with Crippen LogP contribution in [0.15, 0.2) is 66.7 Å². The average Bonchev–Trinajstić information content (AvgIpc) is 3.26. The van der Waals surface area contributed by atoms with Crippen molar-refractivity contribution in [2.45, 2.75) is 63.5 Å². The van der Waals surface area contributed by atoms with Crippen molar-refractivity contribution < 1.29 is 27.4 Å². The first kappa shape index (κ1) is 29.2. The molecule has 0 N–H and O–H groups in total. The van der Waals surface area contributed by atoms with Gasteiger partial charge < -0.3 is 9.47 Å². The summed E-state index contributed by atoms with van der Waals surface area (Å²) in [5, 5.41) is 1.12. The predicted octanol–water partition coefficient (Wildman–Crippen LogP) is 9.14. The minimum atomic E-state index is -4.76. The van der Waals surface area contributed by atoms with E-state index in [-0.39, 0.29) is 29.8 Å².